The van der Waals surface area contributed by atoms with Crippen LogP contribution in [0.5, 0.6) is 11.5 Å². The molecule has 4 rings (SSSR count). The molecule has 7 nitrogen and oxygen atoms in total. The van der Waals surface area contributed by atoms with Crippen LogP contribution in [0.25, 0.3) is 0 Å². The van der Waals surface area contributed by atoms with Gasteiger partial charge in [-0.15, -0.1) is 0 Å². The van der Waals surface area contributed by atoms with E-state index < -0.39 is 0 Å². The van der Waals surface area contributed by atoms with Crippen LogP contribution < -0.4 is 19.7 Å². The highest BCUT2D eigenvalue weighted by Gasteiger charge is 2.32. The number of carbonyl (C=O) groups is 2. The molecule has 1 fully saturated rings. The Balaban J connectivity index is 1.29. The molecule has 7 heteroatoms. The van der Waals surface area contributed by atoms with Crippen LogP contribution in [0.1, 0.15) is 18.4 Å². The van der Waals surface area contributed by atoms with Crippen LogP contribution >= 0.6 is 0 Å². The fourth-order valence-corrected chi connectivity index (χ4v) is 4.42. The molecule has 1 N–H and O–H groups in total. The zero-order valence-corrected chi connectivity index (χ0v) is 18.1. The summed E-state index contributed by atoms with van der Waals surface area (Å²) in [6.45, 7) is 2.53. The van der Waals surface area contributed by atoms with Crippen molar-refractivity contribution in [3.05, 3.63) is 48.0 Å². The van der Waals surface area contributed by atoms with Gasteiger partial charge in [0.1, 0.15) is 11.5 Å². The number of likely N-dealkylation sites (tertiary alicyclic amines) is 1. The van der Waals surface area contributed by atoms with Crippen molar-refractivity contribution < 1.29 is 19.1 Å². The zero-order chi connectivity index (χ0) is 21.8. The molecule has 0 atom stereocenters. The Morgan fingerprint density at radius 2 is 1.81 bits per heavy atom. The number of hydrogen-bond donors (Lipinski definition) is 1. The lowest BCUT2D eigenvalue weighted by molar-refractivity contribution is -0.124. The highest BCUT2D eigenvalue weighted by molar-refractivity contribution is 5.97. The minimum absolute atomic E-state index is 0.0205. The van der Waals surface area contributed by atoms with E-state index in [0.717, 1.165) is 44.6 Å². The van der Waals surface area contributed by atoms with Crippen molar-refractivity contribution in [2.45, 2.75) is 19.3 Å². The topological polar surface area (TPSA) is 71.1 Å². The first-order valence-electron chi connectivity index (χ1n) is 10.7. The number of rotatable bonds is 6. The number of nitrogens with zero attached hydrogens (tertiary/aromatic N) is 2. The third-order valence-electron chi connectivity index (χ3n) is 6.14. The van der Waals surface area contributed by atoms with Crippen molar-refractivity contribution in [2.75, 3.05) is 50.6 Å². The number of nitrogens with one attached hydrogen (secondary N) is 1. The number of benzene rings is 2. The van der Waals surface area contributed by atoms with Gasteiger partial charge in [-0.2, -0.15) is 0 Å². The van der Waals surface area contributed by atoms with Crippen LogP contribution in [-0.4, -0.2) is 57.1 Å². The molecule has 0 unspecified atom stereocenters. The van der Waals surface area contributed by atoms with Crippen LogP contribution in [0.3, 0.4) is 0 Å². The van der Waals surface area contributed by atoms with Gasteiger partial charge < -0.3 is 19.7 Å². The highest BCUT2D eigenvalue weighted by Crippen LogP contribution is 2.31. The molecule has 0 aromatic heterocycles. The number of methoxy groups -OCH3 is 2. The molecule has 2 aromatic carbocycles. The van der Waals surface area contributed by atoms with Crippen LogP contribution in [-0.2, 0) is 16.0 Å². The van der Waals surface area contributed by atoms with E-state index in [4.69, 9.17) is 9.47 Å². The largest absolute Gasteiger partial charge is 0.497 e. The molecule has 0 aliphatic carbocycles. The summed E-state index contributed by atoms with van der Waals surface area (Å²) < 4.78 is 10.5. The summed E-state index contributed by atoms with van der Waals surface area (Å²) in [6, 6.07) is 13.4. The summed E-state index contributed by atoms with van der Waals surface area (Å²) in [5.41, 5.74) is 2.92. The molecule has 2 amide bonds. The van der Waals surface area contributed by atoms with Crippen molar-refractivity contribution in [3.8, 4) is 11.5 Å². The number of anilines is 2. The molecule has 0 bridgehead atoms. The summed E-state index contributed by atoms with van der Waals surface area (Å²) in [5.74, 6) is 1.37. The molecule has 0 spiro atoms. The van der Waals surface area contributed by atoms with Crippen molar-refractivity contribution in [1.29, 1.82) is 0 Å². The van der Waals surface area contributed by atoms with Gasteiger partial charge in [-0.1, -0.05) is 18.2 Å². The first-order chi connectivity index (χ1) is 15.1. The van der Waals surface area contributed by atoms with E-state index in [-0.39, 0.29) is 17.7 Å². The van der Waals surface area contributed by atoms with Crippen molar-refractivity contribution >= 4 is 23.2 Å². The normalized spacial score (nSPS) is 16.6. The molecule has 31 heavy (non-hydrogen) atoms. The van der Waals surface area contributed by atoms with E-state index in [1.165, 1.54) is 5.56 Å². The number of amides is 2. The van der Waals surface area contributed by atoms with Gasteiger partial charge in [0, 0.05) is 24.2 Å². The predicted molar refractivity (Wildman–Crippen MR) is 120 cm³/mol. The molecule has 2 aromatic rings. The van der Waals surface area contributed by atoms with Crippen LogP contribution in [0.15, 0.2) is 42.5 Å². The Morgan fingerprint density at radius 1 is 1.03 bits per heavy atom. The maximum atomic E-state index is 13.1. The lowest BCUT2D eigenvalue weighted by Crippen LogP contribution is -2.44. The summed E-state index contributed by atoms with van der Waals surface area (Å²) in [6.07, 6.45) is 2.48. The van der Waals surface area contributed by atoms with E-state index >= 15 is 0 Å². The van der Waals surface area contributed by atoms with E-state index in [2.05, 4.69) is 16.3 Å². The molecule has 164 valence electrons. The SMILES string of the molecule is COc1ccc(NC(=O)CN2CCC(C(=O)N3CCc4ccccc43)CC2)c(OC)c1. The first kappa shape index (κ1) is 21.2. The second kappa shape index (κ2) is 9.39. The molecule has 2 aliphatic heterocycles. The van der Waals surface area contributed by atoms with E-state index in [9.17, 15) is 9.59 Å². The van der Waals surface area contributed by atoms with Gasteiger partial charge in [-0.3, -0.25) is 14.5 Å². The molecule has 0 radical (unpaired) electrons. The van der Waals surface area contributed by atoms with Crippen molar-refractivity contribution in [2.24, 2.45) is 5.92 Å². The second-order valence-electron chi connectivity index (χ2n) is 8.03. The zero-order valence-electron chi connectivity index (χ0n) is 18.1. The molecular weight excluding hydrogens is 394 g/mol. The van der Waals surface area contributed by atoms with Crippen molar-refractivity contribution in [3.63, 3.8) is 0 Å². The van der Waals surface area contributed by atoms with Gasteiger partial charge in [0.25, 0.3) is 0 Å². The van der Waals surface area contributed by atoms with Gasteiger partial charge >= 0.3 is 0 Å². The summed E-state index contributed by atoms with van der Waals surface area (Å²) in [4.78, 5) is 29.7. The fraction of sp³-hybridized carbons (Fsp3) is 0.417. The molecular formula is C24H29N3O4. The number of carbonyl (C=O) groups excluding carboxylic acids is 2. The fourth-order valence-electron chi connectivity index (χ4n) is 4.42. The standard InChI is InChI=1S/C24H29N3O4/c1-30-19-7-8-20(22(15-19)31-2)25-23(28)16-26-12-9-18(10-13-26)24(29)27-14-11-17-5-3-4-6-21(17)27/h3-8,15,18H,9-14,16H2,1-2H3,(H,25,28). The average molecular weight is 424 g/mol. The Labute approximate surface area is 182 Å². The van der Waals surface area contributed by atoms with E-state index in [1.54, 1.807) is 32.4 Å². The quantitative estimate of drug-likeness (QED) is 0.774. The maximum absolute atomic E-state index is 13.1. The Hall–Kier alpha value is -3.06. The van der Waals surface area contributed by atoms with Crippen LogP contribution in [0.2, 0.25) is 0 Å². The summed E-state index contributed by atoms with van der Waals surface area (Å²) >= 11 is 0. The minimum atomic E-state index is -0.0956. The maximum Gasteiger partial charge on any atom is 0.238 e. The van der Waals surface area contributed by atoms with Crippen molar-refractivity contribution in [1.82, 2.24) is 4.90 Å². The molecule has 2 heterocycles. The Bertz CT molecular complexity index is 954. The third kappa shape index (κ3) is 4.66. The van der Waals surface area contributed by atoms with E-state index in [1.807, 2.05) is 23.1 Å². The Kier molecular flexibility index (Phi) is 6.42. The third-order valence-corrected chi connectivity index (χ3v) is 6.14. The predicted octanol–water partition coefficient (Wildman–Crippen LogP) is 2.94. The smallest absolute Gasteiger partial charge is 0.238 e. The summed E-state index contributed by atoms with van der Waals surface area (Å²) in [7, 11) is 3.15. The lowest BCUT2D eigenvalue weighted by atomic mass is 9.95. The first-order valence-corrected chi connectivity index (χ1v) is 10.7. The molecule has 2 aliphatic rings. The Morgan fingerprint density at radius 3 is 2.55 bits per heavy atom. The lowest BCUT2D eigenvalue weighted by Gasteiger charge is -2.33. The van der Waals surface area contributed by atoms with Crippen LogP contribution in [0.4, 0.5) is 11.4 Å². The molecule has 1 saturated heterocycles. The van der Waals surface area contributed by atoms with Gasteiger partial charge in [0.15, 0.2) is 0 Å². The van der Waals surface area contributed by atoms with Crippen LogP contribution in [0, 0.1) is 5.92 Å². The van der Waals surface area contributed by atoms with Gasteiger partial charge in [-0.25, -0.2) is 0 Å². The average Bonchev–Trinajstić information content (AvgIpc) is 3.23. The summed E-state index contributed by atoms with van der Waals surface area (Å²) in [5, 5.41) is 2.91. The monoisotopic (exact) mass is 423 g/mol. The van der Waals surface area contributed by atoms with E-state index in [0.29, 0.717) is 23.7 Å². The number of fused-ring (bicyclic) bond motifs is 1. The number of piperidine rings is 1. The minimum Gasteiger partial charge on any atom is -0.497 e. The van der Waals surface area contributed by atoms with Gasteiger partial charge in [0.05, 0.1) is 26.5 Å². The highest BCUT2D eigenvalue weighted by atomic mass is 16.5. The van der Waals surface area contributed by atoms with Gasteiger partial charge in [0.2, 0.25) is 11.8 Å². The molecule has 0 saturated carbocycles. The number of para-hydroxylation sites is 1. The second-order valence-corrected chi connectivity index (χ2v) is 8.03. The number of ether oxygens (including phenoxy) is 2. The van der Waals surface area contributed by atoms with Gasteiger partial charge in [-0.05, 0) is 56.1 Å². The number of hydrogen-bond acceptors (Lipinski definition) is 5.